The predicted octanol–water partition coefficient (Wildman–Crippen LogP) is 3.89. The number of carbonyl (C=O) groups excluding carboxylic acids is 2. The van der Waals surface area contributed by atoms with E-state index >= 15 is 0 Å². The maximum Gasteiger partial charge on any atom is 0.323 e. The van der Waals surface area contributed by atoms with Crippen LogP contribution in [0.1, 0.15) is 28.4 Å². The molecule has 3 amide bonds. The van der Waals surface area contributed by atoms with E-state index in [0.717, 1.165) is 12.1 Å². The first kappa shape index (κ1) is 20.9. The van der Waals surface area contributed by atoms with E-state index in [1.807, 2.05) is 18.2 Å². The van der Waals surface area contributed by atoms with Gasteiger partial charge in [0.05, 0.1) is 5.69 Å². The molecule has 3 aromatic rings. The van der Waals surface area contributed by atoms with Gasteiger partial charge in [-0.15, -0.1) is 0 Å². The molecule has 0 saturated carbocycles. The van der Waals surface area contributed by atoms with E-state index < -0.39 is 6.03 Å². The van der Waals surface area contributed by atoms with Crippen LogP contribution < -0.4 is 16.2 Å². The van der Waals surface area contributed by atoms with Gasteiger partial charge in [-0.2, -0.15) is 0 Å². The summed E-state index contributed by atoms with van der Waals surface area (Å²) >= 11 is 0. The summed E-state index contributed by atoms with van der Waals surface area (Å²) in [4.78, 5) is 40.0. The first-order valence-electron chi connectivity index (χ1n) is 10.9. The third-order valence-corrected chi connectivity index (χ3v) is 6.25. The summed E-state index contributed by atoms with van der Waals surface area (Å²) in [5.74, 6) is -0.512. The van der Waals surface area contributed by atoms with Crippen LogP contribution in [0.25, 0.3) is 0 Å². The summed E-state index contributed by atoms with van der Waals surface area (Å²) in [6.07, 6.45) is 0.825. The Labute approximate surface area is 189 Å². The Morgan fingerprint density at radius 1 is 0.879 bits per heavy atom. The summed E-state index contributed by atoms with van der Waals surface area (Å²) in [5, 5.41) is 5.66. The fourth-order valence-corrected chi connectivity index (χ4v) is 4.87. The van der Waals surface area contributed by atoms with Gasteiger partial charge in [-0.1, -0.05) is 18.2 Å². The van der Waals surface area contributed by atoms with Crippen molar-refractivity contribution in [3.8, 4) is 0 Å². The fraction of sp³-hybridized carbons (Fsp3) is 0.240. The van der Waals surface area contributed by atoms with Gasteiger partial charge in [0.2, 0.25) is 0 Å². The van der Waals surface area contributed by atoms with E-state index in [2.05, 4.69) is 10.6 Å². The highest BCUT2D eigenvalue weighted by Crippen LogP contribution is 2.39. The smallest absolute Gasteiger partial charge is 0.323 e. The molecule has 33 heavy (non-hydrogen) atoms. The van der Waals surface area contributed by atoms with Crippen LogP contribution in [0, 0.1) is 11.7 Å². The van der Waals surface area contributed by atoms with Gasteiger partial charge >= 0.3 is 6.03 Å². The van der Waals surface area contributed by atoms with Crippen LogP contribution in [0.5, 0.6) is 0 Å². The van der Waals surface area contributed by atoms with Gasteiger partial charge in [-0.3, -0.25) is 9.59 Å². The number of urea groups is 1. The van der Waals surface area contributed by atoms with Crippen LogP contribution in [0.15, 0.2) is 71.5 Å². The van der Waals surface area contributed by atoms with Crippen molar-refractivity contribution in [2.45, 2.75) is 18.9 Å². The number of rotatable bonds is 3. The minimum Gasteiger partial charge on any atom is -0.338 e. The fourth-order valence-electron chi connectivity index (χ4n) is 4.87. The Bertz CT molecular complexity index is 1260. The zero-order valence-corrected chi connectivity index (χ0v) is 17.8. The van der Waals surface area contributed by atoms with Crippen molar-refractivity contribution in [3.63, 3.8) is 0 Å². The number of nitrogens with zero attached hydrogens (tertiary/aromatic N) is 2. The number of halogens is 1. The van der Waals surface area contributed by atoms with Crippen LogP contribution in [-0.2, 0) is 6.54 Å². The lowest BCUT2D eigenvalue weighted by Crippen LogP contribution is -2.49. The highest BCUT2D eigenvalue weighted by Gasteiger charge is 2.38. The number of aromatic nitrogens is 1. The first-order valence-corrected chi connectivity index (χ1v) is 10.9. The molecular formula is C25H23FN4O3. The Morgan fingerprint density at radius 2 is 1.64 bits per heavy atom. The number of benzene rings is 2. The topological polar surface area (TPSA) is 83.4 Å². The molecule has 2 aliphatic heterocycles. The number of likely N-dealkylation sites (tertiary alicyclic amines) is 1. The molecular weight excluding hydrogens is 423 g/mol. The molecule has 2 atom stereocenters. The van der Waals surface area contributed by atoms with Gasteiger partial charge in [-0.05, 0) is 54.8 Å². The zero-order valence-electron chi connectivity index (χ0n) is 17.8. The average Bonchev–Trinajstić information content (AvgIpc) is 2.81. The summed E-state index contributed by atoms with van der Waals surface area (Å²) in [7, 11) is 0. The monoisotopic (exact) mass is 446 g/mol. The number of carbonyl (C=O) groups is 2. The second-order valence-electron chi connectivity index (χ2n) is 8.54. The van der Waals surface area contributed by atoms with E-state index in [-0.39, 0.29) is 29.1 Å². The van der Waals surface area contributed by atoms with Crippen molar-refractivity contribution in [2.75, 3.05) is 23.7 Å². The standard InChI is InChI=1S/C25H23FN4O3/c26-19-8-6-17(7-9-19)24(32)29-13-16-12-18(15-29)23-21(10-11-22(31)30(23)14-16)28-25(33)27-20-4-2-1-3-5-20/h1-11,16,18H,12-15H2,(H2,27,28,33). The normalized spacial score (nSPS) is 18.9. The van der Waals surface area contributed by atoms with Gasteiger partial charge in [0.1, 0.15) is 5.82 Å². The van der Waals surface area contributed by atoms with Gasteiger partial charge < -0.3 is 20.1 Å². The quantitative estimate of drug-likeness (QED) is 0.640. The first-order chi connectivity index (χ1) is 16.0. The average molecular weight is 446 g/mol. The van der Waals surface area contributed by atoms with Crippen molar-refractivity contribution in [3.05, 3.63) is 94.2 Å². The molecule has 2 N–H and O–H groups in total. The lowest BCUT2D eigenvalue weighted by atomic mass is 9.82. The molecule has 0 radical (unpaired) electrons. The van der Waals surface area contributed by atoms with E-state index in [9.17, 15) is 18.8 Å². The van der Waals surface area contributed by atoms with Crippen molar-refractivity contribution in [2.24, 2.45) is 5.92 Å². The summed E-state index contributed by atoms with van der Waals surface area (Å²) < 4.78 is 15.0. The molecule has 0 spiro atoms. The molecule has 2 aromatic carbocycles. The van der Waals surface area contributed by atoms with Crippen molar-refractivity contribution < 1.29 is 14.0 Å². The van der Waals surface area contributed by atoms with E-state index in [4.69, 9.17) is 0 Å². The second-order valence-corrected chi connectivity index (χ2v) is 8.54. The van der Waals surface area contributed by atoms with Crippen LogP contribution in [-0.4, -0.2) is 34.5 Å². The molecule has 3 heterocycles. The number of fused-ring (bicyclic) bond motifs is 4. The number of nitrogens with one attached hydrogen (secondary N) is 2. The molecule has 1 saturated heterocycles. The number of para-hydroxylation sites is 1. The number of hydrogen-bond acceptors (Lipinski definition) is 3. The Hall–Kier alpha value is -3.94. The summed E-state index contributed by atoms with van der Waals surface area (Å²) in [5.41, 5.74) is 2.27. The summed E-state index contributed by atoms with van der Waals surface area (Å²) in [6.45, 7) is 1.43. The van der Waals surface area contributed by atoms with Gasteiger partial charge in [0.15, 0.2) is 0 Å². The Kier molecular flexibility index (Phi) is 5.42. The van der Waals surface area contributed by atoms with Gasteiger partial charge in [0.25, 0.3) is 11.5 Å². The SMILES string of the molecule is O=C(Nc1ccccc1)Nc1ccc(=O)n2c1C1CC(CN(C(=O)c3ccc(F)cc3)C1)C2. The van der Waals surface area contributed by atoms with E-state index in [1.165, 1.54) is 30.3 Å². The van der Waals surface area contributed by atoms with Crippen molar-refractivity contribution in [1.82, 2.24) is 9.47 Å². The van der Waals surface area contributed by atoms with Crippen LogP contribution >= 0.6 is 0 Å². The van der Waals surface area contributed by atoms with Crippen LogP contribution in [0.3, 0.4) is 0 Å². The van der Waals surface area contributed by atoms with E-state index in [1.54, 1.807) is 27.7 Å². The predicted molar refractivity (Wildman–Crippen MR) is 123 cm³/mol. The third kappa shape index (κ3) is 4.24. The van der Waals surface area contributed by atoms with Crippen LogP contribution in [0.4, 0.5) is 20.6 Å². The Morgan fingerprint density at radius 3 is 2.39 bits per heavy atom. The third-order valence-electron chi connectivity index (χ3n) is 6.25. The summed E-state index contributed by atoms with van der Waals surface area (Å²) in [6, 6.07) is 17.3. The largest absolute Gasteiger partial charge is 0.338 e. The number of piperidine rings is 1. The van der Waals surface area contributed by atoms with Crippen LogP contribution in [0.2, 0.25) is 0 Å². The Balaban J connectivity index is 1.40. The number of anilines is 2. The minimum absolute atomic E-state index is 0.0946. The lowest BCUT2D eigenvalue weighted by Gasteiger charge is -2.43. The molecule has 2 aliphatic rings. The van der Waals surface area contributed by atoms with E-state index in [0.29, 0.717) is 36.6 Å². The van der Waals surface area contributed by atoms with Crippen molar-refractivity contribution >= 4 is 23.3 Å². The van der Waals surface area contributed by atoms with Crippen molar-refractivity contribution in [1.29, 1.82) is 0 Å². The molecule has 5 rings (SSSR count). The second kappa shape index (κ2) is 8.54. The lowest BCUT2D eigenvalue weighted by molar-refractivity contribution is 0.0595. The molecule has 2 bridgehead atoms. The maximum absolute atomic E-state index is 13.3. The molecule has 0 aliphatic carbocycles. The molecule has 1 fully saturated rings. The molecule has 8 heteroatoms. The number of hydrogen-bond donors (Lipinski definition) is 2. The molecule has 2 unspecified atom stereocenters. The maximum atomic E-state index is 13.3. The number of pyridine rings is 1. The molecule has 7 nitrogen and oxygen atoms in total. The zero-order chi connectivity index (χ0) is 22.9. The van der Waals surface area contributed by atoms with Gasteiger partial charge in [0, 0.05) is 48.6 Å². The molecule has 168 valence electrons. The molecule has 1 aromatic heterocycles. The number of amides is 3. The van der Waals surface area contributed by atoms with Gasteiger partial charge in [-0.25, -0.2) is 9.18 Å². The highest BCUT2D eigenvalue weighted by atomic mass is 19.1. The minimum atomic E-state index is -0.403. The highest BCUT2D eigenvalue weighted by molar-refractivity contribution is 6.00.